The summed E-state index contributed by atoms with van der Waals surface area (Å²) in [4.78, 5) is 11.3. The number of hydrogen-bond donors (Lipinski definition) is 1. The van der Waals surface area contributed by atoms with Crippen molar-refractivity contribution in [2.24, 2.45) is 11.8 Å². The van der Waals surface area contributed by atoms with E-state index in [1.54, 1.807) is 12.1 Å². The second-order valence-corrected chi connectivity index (χ2v) is 6.16. The van der Waals surface area contributed by atoms with E-state index in [0.29, 0.717) is 11.8 Å². The van der Waals surface area contributed by atoms with Gasteiger partial charge >= 0.3 is 5.97 Å². The van der Waals surface area contributed by atoms with Crippen molar-refractivity contribution >= 4 is 5.97 Å². The molecule has 102 valence electrons. The second-order valence-electron chi connectivity index (χ2n) is 6.16. The van der Waals surface area contributed by atoms with E-state index in [0.717, 1.165) is 24.8 Å². The normalized spacial score (nSPS) is 33.3. The van der Waals surface area contributed by atoms with Crippen LogP contribution in [0.1, 0.15) is 44.1 Å². The fourth-order valence-electron chi connectivity index (χ4n) is 4.32. The number of fused-ring (bicyclic) bond motifs is 3. The SMILES string of the molecule is O=C(O)CC1(c2ccc(F)cc2)CC2CCC1CC2. The number of benzene rings is 1. The van der Waals surface area contributed by atoms with Crippen molar-refractivity contribution in [2.45, 2.75) is 43.9 Å². The zero-order chi connectivity index (χ0) is 13.5. The lowest BCUT2D eigenvalue weighted by molar-refractivity contribution is -0.140. The van der Waals surface area contributed by atoms with Crippen molar-refractivity contribution in [2.75, 3.05) is 0 Å². The lowest BCUT2D eigenvalue weighted by Gasteiger charge is -2.51. The Bertz CT molecular complexity index is 474. The maximum Gasteiger partial charge on any atom is 0.304 e. The number of hydrogen-bond acceptors (Lipinski definition) is 1. The van der Waals surface area contributed by atoms with Crippen LogP contribution >= 0.6 is 0 Å². The van der Waals surface area contributed by atoms with Crippen LogP contribution in [0.25, 0.3) is 0 Å². The molecule has 0 radical (unpaired) electrons. The molecule has 0 spiro atoms. The van der Waals surface area contributed by atoms with Crippen molar-refractivity contribution < 1.29 is 14.3 Å². The Labute approximate surface area is 112 Å². The Morgan fingerprint density at radius 1 is 1.21 bits per heavy atom. The average Bonchev–Trinajstić information content (AvgIpc) is 2.40. The van der Waals surface area contributed by atoms with Gasteiger partial charge in [0.05, 0.1) is 6.42 Å². The minimum Gasteiger partial charge on any atom is -0.481 e. The van der Waals surface area contributed by atoms with E-state index in [2.05, 4.69) is 0 Å². The van der Waals surface area contributed by atoms with Crippen molar-refractivity contribution in [1.29, 1.82) is 0 Å². The zero-order valence-electron chi connectivity index (χ0n) is 10.9. The number of carboxylic acid groups (broad SMARTS) is 1. The summed E-state index contributed by atoms with van der Waals surface area (Å²) in [5, 5.41) is 9.30. The van der Waals surface area contributed by atoms with E-state index in [4.69, 9.17) is 0 Å². The summed E-state index contributed by atoms with van der Waals surface area (Å²) in [5.74, 6) is 0.0977. The number of carbonyl (C=O) groups is 1. The molecule has 3 heteroatoms. The van der Waals surface area contributed by atoms with Gasteiger partial charge < -0.3 is 5.11 Å². The molecule has 1 N–H and O–H groups in total. The zero-order valence-corrected chi connectivity index (χ0v) is 10.9. The van der Waals surface area contributed by atoms with E-state index in [1.807, 2.05) is 0 Å². The first kappa shape index (κ1) is 12.6. The standard InChI is InChI=1S/C16H19FO2/c17-14-7-5-13(6-8-14)16(10-15(18)19)9-11-1-3-12(16)4-2-11/h5-8,11-12H,1-4,9-10H2,(H,18,19). The van der Waals surface area contributed by atoms with Gasteiger partial charge in [0, 0.05) is 5.41 Å². The highest BCUT2D eigenvalue weighted by Crippen LogP contribution is 2.55. The fourth-order valence-corrected chi connectivity index (χ4v) is 4.32. The lowest BCUT2D eigenvalue weighted by Crippen LogP contribution is -2.46. The van der Waals surface area contributed by atoms with Gasteiger partial charge in [0.25, 0.3) is 0 Å². The van der Waals surface area contributed by atoms with E-state index < -0.39 is 5.97 Å². The van der Waals surface area contributed by atoms with Gasteiger partial charge in [0.2, 0.25) is 0 Å². The van der Waals surface area contributed by atoms with Crippen molar-refractivity contribution in [3.63, 3.8) is 0 Å². The number of carboxylic acids is 1. The highest BCUT2D eigenvalue weighted by molar-refractivity contribution is 5.69. The summed E-state index contributed by atoms with van der Waals surface area (Å²) in [7, 11) is 0. The quantitative estimate of drug-likeness (QED) is 0.900. The highest BCUT2D eigenvalue weighted by atomic mass is 19.1. The predicted molar refractivity (Wildman–Crippen MR) is 70.4 cm³/mol. The Morgan fingerprint density at radius 3 is 2.32 bits per heavy atom. The molecule has 1 aromatic carbocycles. The molecule has 19 heavy (non-hydrogen) atoms. The second kappa shape index (κ2) is 4.62. The first-order valence-electron chi connectivity index (χ1n) is 7.08. The van der Waals surface area contributed by atoms with E-state index >= 15 is 0 Å². The maximum absolute atomic E-state index is 13.1. The summed E-state index contributed by atoms with van der Waals surface area (Å²) in [6, 6.07) is 6.50. The smallest absolute Gasteiger partial charge is 0.304 e. The van der Waals surface area contributed by atoms with Crippen LogP contribution in [0.3, 0.4) is 0 Å². The summed E-state index contributed by atoms with van der Waals surface area (Å²) in [6.45, 7) is 0. The molecule has 1 atom stereocenters. The average molecular weight is 262 g/mol. The van der Waals surface area contributed by atoms with Gasteiger partial charge in [-0.1, -0.05) is 25.0 Å². The van der Waals surface area contributed by atoms with Crippen LogP contribution in [0.15, 0.2) is 24.3 Å². The Balaban J connectivity index is 2.01. The molecule has 3 fully saturated rings. The third-order valence-corrected chi connectivity index (χ3v) is 5.17. The molecular weight excluding hydrogens is 243 g/mol. The van der Waals surface area contributed by atoms with Gasteiger partial charge in [0.1, 0.15) is 5.82 Å². The van der Waals surface area contributed by atoms with Gasteiger partial charge in [-0.15, -0.1) is 0 Å². The van der Waals surface area contributed by atoms with Crippen LogP contribution in [0, 0.1) is 17.7 Å². The Hall–Kier alpha value is -1.38. The molecule has 0 heterocycles. The number of aliphatic carboxylic acids is 1. The largest absolute Gasteiger partial charge is 0.481 e. The van der Waals surface area contributed by atoms with Gasteiger partial charge in [-0.3, -0.25) is 4.79 Å². The van der Waals surface area contributed by atoms with Crippen molar-refractivity contribution in [1.82, 2.24) is 0 Å². The highest BCUT2D eigenvalue weighted by Gasteiger charge is 2.49. The predicted octanol–water partition coefficient (Wildman–Crippen LogP) is 3.75. The lowest BCUT2D eigenvalue weighted by atomic mass is 9.52. The molecule has 0 aliphatic heterocycles. The summed E-state index contributed by atoms with van der Waals surface area (Å²) >= 11 is 0. The molecule has 1 unspecified atom stereocenters. The summed E-state index contributed by atoms with van der Waals surface area (Å²) < 4.78 is 13.1. The maximum atomic E-state index is 13.1. The molecule has 2 nitrogen and oxygen atoms in total. The molecule has 3 saturated carbocycles. The Kier molecular flexibility index (Phi) is 3.08. The first-order chi connectivity index (χ1) is 9.10. The topological polar surface area (TPSA) is 37.3 Å². The van der Waals surface area contributed by atoms with Crippen LogP contribution in [0.5, 0.6) is 0 Å². The number of rotatable bonds is 3. The minimum absolute atomic E-state index is 0.180. The van der Waals surface area contributed by atoms with Crippen molar-refractivity contribution in [3.8, 4) is 0 Å². The van der Waals surface area contributed by atoms with E-state index in [-0.39, 0.29) is 17.7 Å². The van der Waals surface area contributed by atoms with Crippen LogP contribution in [-0.2, 0) is 10.2 Å². The molecular formula is C16H19FO2. The molecule has 3 aliphatic carbocycles. The summed E-state index contributed by atoms with van der Waals surface area (Å²) in [6.07, 6.45) is 5.83. The molecule has 4 rings (SSSR count). The van der Waals surface area contributed by atoms with Gasteiger partial charge in [-0.25, -0.2) is 4.39 Å². The van der Waals surface area contributed by atoms with Crippen LogP contribution in [0.2, 0.25) is 0 Å². The molecule has 3 aliphatic rings. The van der Waals surface area contributed by atoms with Gasteiger partial charge in [0.15, 0.2) is 0 Å². The monoisotopic (exact) mass is 262 g/mol. The van der Waals surface area contributed by atoms with E-state index in [1.165, 1.54) is 25.0 Å². The molecule has 0 amide bonds. The summed E-state index contributed by atoms with van der Waals surface area (Å²) in [5.41, 5.74) is 0.756. The van der Waals surface area contributed by atoms with Gasteiger partial charge in [-0.05, 0) is 48.8 Å². The van der Waals surface area contributed by atoms with Crippen molar-refractivity contribution in [3.05, 3.63) is 35.6 Å². The van der Waals surface area contributed by atoms with Gasteiger partial charge in [-0.2, -0.15) is 0 Å². The van der Waals surface area contributed by atoms with Crippen LogP contribution < -0.4 is 0 Å². The third-order valence-electron chi connectivity index (χ3n) is 5.17. The number of halogens is 1. The molecule has 2 bridgehead atoms. The molecule has 0 saturated heterocycles. The van der Waals surface area contributed by atoms with Crippen LogP contribution in [0.4, 0.5) is 4.39 Å². The molecule has 1 aromatic rings. The third kappa shape index (κ3) is 2.15. The Morgan fingerprint density at radius 2 is 1.84 bits per heavy atom. The van der Waals surface area contributed by atoms with E-state index in [9.17, 15) is 14.3 Å². The minimum atomic E-state index is -0.739. The first-order valence-corrected chi connectivity index (χ1v) is 7.08. The fraction of sp³-hybridized carbons (Fsp3) is 0.562. The molecule has 0 aromatic heterocycles. The van der Waals surface area contributed by atoms with Crippen LogP contribution in [-0.4, -0.2) is 11.1 Å².